The van der Waals surface area contributed by atoms with Gasteiger partial charge in [0.15, 0.2) is 17.3 Å². The van der Waals surface area contributed by atoms with Crippen LogP contribution in [0, 0.1) is 0 Å². The van der Waals surface area contributed by atoms with Crippen LogP contribution < -0.4 is 10.1 Å². The Bertz CT molecular complexity index is 1510. The van der Waals surface area contributed by atoms with Gasteiger partial charge in [-0.1, -0.05) is 60.7 Å². The molecule has 4 aromatic carbocycles. The summed E-state index contributed by atoms with van der Waals surface area (Å²) in [4.78, 5) is 13.9. The zero-order chi connectivity index (χ0) is 24.1. The fourth-order valence-electron chi connectivity index (χ4n) is 5.57. The second kappa shape index (κ2) is 8.58. The molecule has 174 valence electrons. The maximum atomic E-state index is 13.9. The van der Waals surface area contributed by atoms with Crippen molar-refractivity contribution in [2.75, 3.05) is 12.4 Å². The van der Waals surface area contributed by atoms with Crippen molar-refractivity contribution < 1.29 is 14.6 Å². The molecular weight excluding hydrogens is 502 g/mol. The minimum atomic E-state index is -0.339. The zero-order valence-corrected chi connectivity index (χ0v) is 20.8. The van der Waals surface area contributed by atoms with Crippen LogP contribution >= 0.6 is 15.9 Å². The van der Waals surface area contributed by atoms with Gasteiger partial charge in [-0.2, -0.15) is 0 Å². The molecule has 35 heavy (non-hydrogen) atoms. The van der Waals surface area contributed by atoms with E-state index in [1.165, 1.54) is 12.7 Å². The Morgan fingerprint density at radius 1 is 0.943 bits per heavy atom. The Hall–Kier alpha value is -3.57. The summed E-state index contributed by atoms with van der Waals surface area (Å²) in [5.74, 6) is 0.702. The minimum absolute atomic E-state index is 0.0479. The molecule has 1 aliphatic heterocycles. The van der Waals surface area contributed by atoms with Gasteiger partial charge >= 0.3 is 0 Å². The van der Waals surface area contributed by atoms with Gasteiger partial charge in [0.05, 0.1) is 17.6 Å². The number of hydrogen-bond donors (Lipinski definition) is 2. The zero-order valence-electron chi connectivity index (χ0n) is 19.2. The molecule has 6 rings (SSSR count). The highest BCUT2D eigenvalue weighted by Gasteiger charge is 2.38. The number of carbonyl (C=O) groups is 1. The number of rotatable bonds is 3. The summed E-state index contributed by atoms with van der Waals surface area (Å²) in [7, 11) is 1.53. The number of hydrogen-bond acceptors (Lipinski definition) is 4. The van der Waals surface area contributed by atoms with Crippen LogP contribution in [0.4, 0.5) is 5.69 Å². The van der Waals surface area contributed by atoms with Crippen molar-refractivity contribution in [3.8, 4) is 11.5 Å². The molecule has 2 N–H and O–H groups in total. The number of allylic oxidation sites excluding steroid dienone is 1. The third-order valence-electron chi connectivity index (χ3n) is 7.20. The van der Waals surface area contributed by atoms with Crippen LogP contribution in [0.1, 0.15) is 41.5 Å². The highest BCUT2D eigenvalue weighted by Crippen LogP contribution is 2.52. The van der Waals surface area contributed by atoms with Gasteiger partial charge in [0.2, 0.25) is 0 Å². The molecule has 0 saturated carbocycles. The Balaban J connectivity index is 1.58. The molecule has 2 atom stereocenters. The van der Waals surface area contributed by atoms with Gasteiger partial charge in [-0.05, 0) is 73.9 Å². The van der Waals surface area contributed by atoms with Crippen LogP contribution in [0.15, 0.2) is 88.9 Å². The summed E-state index contributed by atoms with van der Waals surface area (Å²) in [6.45, 7) is 0. The van der Waals surface area contributed by atoms with E-state index in [-0.39, 0.29) is 23.5 Å². The molecule has 0 unspecified atom stereocenters. The molecule has 4 aromatic rings. The molecule has 1 heterocycles. The number of halogens is 1. The molecule has 5 heteroatoms. The summed E-state index contributed by atoms with van der Waals surface area (Å²) in [6.07, 6.45) is 1.26. The number of phenolic OH excluding ortho intramolecular Hbond substituents is 1. The van der Waals surface area contributed by atoms with E-state index in [2.05, 4.69) is 63.7 Å². The predicted molar refractivity (Wildman–Crippen MR) is 143 cm³/mol. The molecule has 0 fully saturated rings. The summed E-state index contributed by atoms with van der Waals surface area (Å²) >= 11 is 3.45. The second-order valence-electron chi connectivity index (χ2n) is 9.17. The van der Waals surface area contributed by atoms with Gasteiger partial charge in [-0.3, -0.25) is 4.79 Å². The third-order valence-corrected chi connectivity index (χ3v) is 7.81. The maximum Gasteiger partial charge on any atom is 0.172 e. The first kappa shape index (κ1) is 21.9. The topological polar surface area (TPSA) is 58.6 Å². The lowest BCUT2D eigenvalue weighted by atomic mass is 9.71. The molecule has 0 aromatic heterocycles. The van der Waals surface area contributed by atoms with Crippen molar-refractivity contribution in [3.63, 3.8) is 0 Å². The van der Waals surface area contributed by atoms with Gasteiger partial charge in [0.25, 0.3) is 0 Å². The lowest BCUT2D eigenvalue weighted by molar-refractivity contribution is -0.116. The van der Waals surface area contributed by atoms with E-state index in [9.17, 15) is 9.90 Å². The highest BCUT2D eigenvalue weighted by molar-refractivity contribution is 9.10. The van der Waals surface area contributed by atoms with E-state index in [0.717, 1.165) is 45.2 Å². The fourth-order valence-corrected chi connectivity index (χ4v) is 6.03. The van der Waals surface area contributed by atoms with E-state index >= 15 is 0 Å². The minimum Gasteiger partial charge on any atom is -0.503 e. The maximum absolute atomic E-state index is 13.9. The van der Waals surface area contributed by atoms with Crippen molar-refractivity contribution in [1.82, 2.24) is 0 Å². The molecule has 0 bridgehead atoms. The van der Waals surface area contributed by atoms with Crippen molar-refractivity contribution in [1.29, 1.82) is 0 Å². The van der Waals surface area contributed by atoms with E-state index in [4.69, 9.17) is 4.74 Å². The van der Waals surface area contributed by atoms with Crippen LogP contribution in [-0.4, -0.2) is 18.0 Å². The first-order valence-electron chi connectivity index (χ1n) is 11.7. The van der Waals surface area contributed by atoms with Crippen molar-refractivity contribution >= 4 is 43.7 Å². The van der Waals surface area contributed by atoms with E-state index in [1.807, 2.05) is 36.4 Å². The van der Waals surface area contributed by atoms with Crippen molar-refractivity contribution in [2.24, 2.45) is 0 Å². The number of ketones is 1. The second-order valence-corrected chi connectivity index (χ2v) is 10.0. The largest absolute Gasteiger partial charge is 0.503 e. The molecule has 4 nitrogen and oxygen atoms in total. The smallest absolute Gasteiger partial charge is 0.172 e. The number of aromatic hydroxyl groups is 1. The number of benzene rings is 4. The van der Waals surface area contributed by atoms with E-state index < -0.39 is 0 Å². The number of phenols is 1. The first-order valence-corrected chi connectivity index (χ1v) is 12.5. The molecule has 0 radical (unpaired) electrons. The van der Waals surface area contributed by atoms with Crippen LogP contribution in [0.3, 0.4) is 0 Å². The molecule has 0 saturated heterocycles. The number of methoxy groups -OCH3 is 1. The number of carbonyl (C=O) groups excluding carboxylic acids is 1. The molecule has 1 aliphatic carbocycles. The van der Waals surface area contributed by atoms with Gasteiger partial charge in [-0.25, -0.2) is 0 Å². The monoisotopic (exact) mass is 525 g/mol. The molecule has 0 amide bonds. The van der Waals surface area contributed by atoms with E-state index in [0.29, 0.717) is 16.6 Å². The van der Waals surface area contributed by atoms with Crippen LogP contribution in [0.25, 0.3) is 16.3 Å². The van der Waals surface area contributed by atoms with Gasteiger partial charge in [0, 0.05) is 23.2 Å². The Labute approximate surface area is 212 Å². The number of anilines is 1. The summed E-state index contributed by atoms with van der Waals surface area (Å²) in [6, 6.07) is 26.2. The molecule has 2 aliphatic rings. The summed E-state index contributed by atoms with van der Waals surface area (Å²) in [5.41, 5.74) is 6.10. The van der Waals surface area contributed by atoms with Crippen LogP contribution in [0.2, 0.25) is 0 Å². The lowest BCUT2D eigenvalue weighted by Gasteiger charge is -2.37. The van der Waals surface area contributed by atoms with Crippen LogP contribution in [0.5, 0.6) is 11.5 Å². The SMILES string of the molecule is COc1cc([C@H]2Nc3ccc4ccccc4c3C3=C2C(=O)C[C@H](c2ccccc2)C3)cc(Br)c1O. The Morgan fingerprint density at radius 3 is 2.51 bits per heavy atom. The standard InChI is InChI=1S/C30H24BrNO3/c1-35-26-16-20(14-23(31)30(26)34)29-28-22(13-19(15-25(28)33)17-7-3-2-4-8-17)27-21-10-6-5-9-18(21)11-12-24(27)32-29/h2-12,14,16,19,29,32,34H,13,15H2,1H3/t19-,29-/m1/s1. The van der Waals surface area contributed by atoms with Gasteiger partial charge < -0.3 is 15.2 Å². The molecule has 0 spiro atoms. The Kier molecular flexibility index (Phi) is 5.37. The normalized spacial score (nSPS) is 19.2. The molecular formula is C30H24BrNO3. The fraction of sp³-hybridized carbons (Fsp3) is 0.167. The number of ether oxygens (including phenoxy) is 1. The average Bonchev–Trinajstić information content (AvgIpc) is 2.89. The lowest BCUT2D eigenvalue weighted by Crippen LogP contribution is -2.29. The quantitative estimate of drug-likeness (QED) is 0.292. The highest BCUT2D eigenvalue weighted by atomic mass is 79.9. The number of nitrogens with one attached hydrogen (secondary N) is 1. The summed E-state index contributed by atoms with van der Waals surface area (Å²) < 4.78 is 5.95. The number of Topliss-reactive ketones (excluding diaryl/α,β-unsaturated/α-hetero) is 1. The summed E-state index contributed by atoms with van der Waals surface area (Å²) in [5, 5.41) is 16.3. The predicted octanol–water partition coefficient (Wildman–Crippen LogP) is 7.38. The van der Waals surface area contributed by atoms with Gasteiger partial charge in [-0.15, -0.1) is 0 Å². The van der Waals surface area contributed by atoms with Crippen LogP contribution in [-0.2, 0) is 4.79 Å². The van der Waals surface area contributed by atoms with Crippen molar-refractivity contribution in [2.45, 2.75) is 24.8 Å². The first-order chi connectivity index (χ1) is 17.0. The third kappa shape index (κ3) is 3.62. The average molecular weight is 526 g/mol. The Morgan fingerprint density at radius 2 is 1.71 bits per heavy atom. The number of fused-ring (bicyclic) bond motifs is 4. The van der Waals surface area contributed by atoms with Crippen molar-refractivity contribution in [3.05, 3.63) is 106 Å². The van der Waals surface area contributed by atoms with E-state index in [1.54, 1.807) is 0 Å². The van der Waals surface area contributed by atoms with Gasteiger partial charge in [0.1, 0.15) is 0 Å².